The summed E-state index contributed by atoms with van der Waals surface area (Å²) in [4.78, 5) is 22.9. The fourth-order valence-corrected chi connectivity index (χ4v) is 2.07. The van der Waals surface area contributed by atoms with Crippen LogP contribution in [0.2, 0.25) is 0 Å². The minimum Gasteiger partial charge on any atom is -0.485 e. The number of hydrogen-bond donors (Lipinski definition) is 0. The van der Waals surface area contributed by atoms with Crippen LogP contribution < -0.4 is 4.74 Å². The summed E-state index contributed by atoms with van der Waals surface area (Å²) >= 11 is 0. The Hall–Kier alpha value is -2.10. The van der Waals surface area contributed by atoms with Gasteiger partial charge in [-0.15, -0.1) is 0 Å². The van der Waals surface area contributed by atoms with Gasteiger partial charge in [-0.25, -0.2) is 4.79 Å². The molecule has 2 atom stereocenters. The van der Waals surface area contributed by atoms with E-state index >= 15 is 0 Å². The number of cyclic esters (lactones) is 1. The molecule has 0 saturated heterocycles. The van der Waals surface area contributed by atoms with Crippen molar-refractivity contribution in [2.24, 2.45) is 0 Å². The third-order valence-corrected chi connectivity index (χ3v) is 2.89. The van der Waals surface area contributed by atoms with Crippen molar-refractivity contribution >= 4 is 11.8 Å². The molecule has 0 aliphatic carbocycles. The van der Waals surface area contributed by atoms with E-state index in [4.69, 9.17) is 9.47 Å². The van der Waals surface area contributed by atoms with Crippen LogP contribution in [-0.4, -0.2) is 24.0 Å². The van der Waals surface area contributed by atoms with Crippen molar-refractivity contribution in [3.8, 4) is 5.75 Å². The minimum atomic E-state index is -0.459. The Morgan fingerprint density at radius 1 is 1.12 bits per heavy atom. The summed E-state index contributed by atoms with van der Waals surface area (Å²) in [6, 6.07) is 7.10. The molecular formula is C13H10O4. The van der Waals surface area contributed by atoms with Crippen molar-refractivity contribution < 1.29 is 19.1 Å². The van der Waals surface area contributed by atoms with Crippen molar-refractivity contribution in [3.63, 3.8) is 0 Å². The fourth-order valence-electron chi connectivity index (χ4n) is 2.07. The van der Waals surface area contributed by atoms with Gasteiger partial charge in [0.2, 0.25) is 0 Å². The highest BCUT2D eigenvalue weighted by atomic mass is 16.6. The zero-order valence-electron chi connectivity index (χ0n) is 8.96. The van der Waals surface area contributed by atoms with Gasteiger partial charge in [-0.2, -0.15) is 0 Å². The number of fused-ring (bicyclic) bond motifs is 1. The van der Waals surface area contributed by atoms with E-state index in [9.17, 15) is 9.59 Å². The Labute approximate surface area is 97.8 Å². The molecule has 0 N–H and O–H groups in total. The second-order valence-corrected chi connectivity index (χ2v) is 4.04. The van der Waals surface area contributed by atoms with Crippen molar-refractivity contribution in [1.82, 2.24) is 0 Å². The molecule has 4 nitrogen and oxygen atoms in total. The average Bonchev–Trinajstić information content (AvgIpc) is 2.76. The lowest BCUT2D eigenvalue weighted by Gasteiger charge is -2.27. The van der Waals surface area contributed by atoms with E-state index < -0.39 is 12.2 Å². The molecule has 0 spiro atoms. The lowest BCUT2D eigenvalue weighted by atomic mass is 9.98. The molecule has 1 aromatic carbocycles. The molecule has 17 heavy (non-hydrogen) atoms. The lowest BCUT2D eigenvalue weighted by molar-refractivity contribution is -0.142. The predicted molar refractivity (Wildman–Crippen MR) is 58.8 cm³/mol. The van der Waals surface area contributed by atoms with Gasteiger partial charge >= 0.3 is 5.97 Å². The topological polar surface area (TPSA) is 52.6 Å². The molecule has 4 heteroatoms. The molecule has 2 aliphatic rings. The first-order valence-corrected chi connectivity index (χ1v) is 5.42. The van der Waals surface area contributed by atoms with E-state index in [2.05, 4.69) is 0 Å². The van der Waals surface area contributed by atoms with Gasteiger partial charge in [-0.1, -0.05) is 12.1 Å². The summed E-state index contributed by atoms with van der Waals surface area (Å²) in [5.74, 6) is 0.197. The van der Waals surface area contributed by atoms with Gasteiger partial charge in [0.15, 0.2) is 11.9 Å². The highest BCUT2D eigenvalue weighted by molar-refractivity contribution is 6.00. The number of Topliss-reactive ketones (excluding diaryl/α,β-unsaturated/α-hetero) is 1. The lowest BCUT2D eigenvalue weighted by Crippen LogP contribution is -2.37. The van der Waals surface area contributed by atoms with Crippen molar-refractivity contribution in [2.75, 3.05) is 0 Å². The number of carbonyl (C=O) groups excluding carboxylic acids is 2. The number of ketones is 1. The zero-order valence-corrected chi connectivity index (χ0v) is 8.96. The SMILES string of the molecule is O=C1C=C[C@@H]([C@H]2CC(=O)c3ccccc3O2)O1. The normalized spacial score (nSPS) is 26.4. The molecule has 1 aromatic rings. The molecular weight excluding hydrogens is 220 g/mol. The largest absolute Gasteiger partial charge is 0.485 e. The Morgan fingerprint density at radius 2 is 1.94 bits per heavy atom. The van der Waals surface area contributed by atoms with Gasteiger partial charge in [0.25, 0.3) is 0 Å². The summed E-state index contributed by atoms with van der Waals surface area (Å²) in [5, 5.41) is 0. The van der Waals surface area contributed by atoms with Crippen LogP contribution in [0.3, 0.4) is 0 Å². The van der Waals surface area contributed by atoms with Gasteiger partial charge in [-0.3, -0.25) is 4.79 Å². The summed E-state index contributed by atoms with van der Waals surface area (Å²) in [6.45, 7) is 0. The van der Waals surface area contributed by atoms with Gasteiger partial charge < -0.3 is 9.47 Å². The number of esters is 1. The third kappa shape index (κ3) is 1.71. The average molecular weight is 230 g/mol. The van der Waals surface area contributed by atoms with Crippen molar-refractivity contribution in [2.45, 2.75) is 18.6 Å². The van der Waals surface area contributed by atoms with E-state index in [0.717, 1.165) is 0 Å². The van der Waals surface area contributed by atoms with Crippen LogP contribution in [0.1, 0.15) is 16.8 Å². The van der Waals surface area contributed by atoms with E-state index in [0.29, 0.717) is 11.3 Å². The Morgan fingerprint density at radius 3 is 2.71 bits per heavy atom. The quantitative estimate of drug-likeness (QED) is 0.686. The maximum Gasteiger partial charge on any atom is 0.331 e. The van der Waals surface area contributed by atoms with Gasteiger partial charge in [0.1, 0.15) is 11.9 Å². The summed E-state index contributed by atoms with van der Waals surface area (Å²) in [7, 11) is 0. The number of carbonyl (C=O) groups is 2. The first-order valence-electron chi connectivity index (χ1n) is 5.42. The second-order valence-electron chi connectivity index (χ2n) is 4.04. The minimum absolute atomic E-state index is 0.0215. The Bertz CT molecular complexity index is 518. The summed E-state index contributed by atoms with van der Waals surface area (Å²) < 4.78 is 10.7. The molecule has 0 radical (unpaired) electrons. The number of rotatable bonds is 1. The van der Waals surface area contributed by atoms with Crippen LogP contribution in [0.25, 0.3) is 0 Å². The van der Waals surface area contributed by atoms with Crippen LogP contribution in [0.5, 0.6) is 5.75 Å². The van der Waals surface area contributed by atoms with E-state index in [1.807, 2.05) is 6.07 Å². The van der Waals surface area contributed by atoms with Gasteiger partial charge in [0.05, 0.1) is 12.0 Å². The van der Waals surface area contributed by atoms with Gasteiger partial charge in [-0.05, 0) is 18.2 Å². The Kier molecular flexibility index (Phi) is 2.21. The molecule has 0 saturated carbocycles. The number of hydrogen-bond acceptors (Lipinski definition) is 4. The first-order chi connectivity index (χ1) is 8.24. The standard InChI is InChI=1S/C13H10O4/c14-9-7-12(11-5-6-13(15)17-11)16-10-4-2-1-3-8(9)10/h1-6,11-12H,7H2/t11-,12+/m0/s1. The molecule has 0 amide bonds. The predicted octanol–water partition coefficient (Wildman–Crippen LogP) is 1.50. The Balaban J connectivity index is 1.87. The summed E-state index contributed by atoms with van der Waals surface area (Å²) in [6.07, 6.45) is 2.35. The maximum atomic E-state index is 11.9. The van der Waals surface area contributed by atoms with E-state index in [1.165, 1.54) is 6.08 Å². The van der Waals surface area contributed by atoms with Crippen LogP contribution in [0.15, 0.2) is 36.4 Å². The van der Waals surface area contributed by atoms with Crippen molar-refractivity contribution in [3.05, 3.63) is 42.0 Å². The molecule has 2 aliphatic heterocycles. The molecule has 0 unspecified atom stereocenters. The smallest absolute Gasteiger partial charge is 0.331 e. The van der Waals surface area contributed by atoms with E-state index in [1.54, 1.807) is 24.3 Å². The fraction of sp³-hybridized carbons (Fsp3) is 0.231. The number of benzene rings is 1. The zero-order chi connectivity index (χ0) is 11.8. The van der Waals surface area contributed by atoms with Gasteiger partial charge in [0, 0.05) is 6.08 Å². The van der Waals surface area contributed by atoms with Crippen molar-refractivity contribution in [1.29, 1.82) is 0 Å². The number of ether oxygens (including phenoxy) is 2. The third-order valence-electron chi connectivity index (χ3n) is 2.89. The molecule has 2 heterocycles. The highest BCUT2D eigenvalue weighted by Gasteiger charge is 2.34. The molecule has 3 rings (SSSR count). The molecule has 86 valence electrons. The molecule has 0 aromatic heterocycles. The number of para-hydroxylation sites is 1. The first kappa shape index (κ1) is 10.1. The molecule has 0 fully saturated rings. The van der Waals surface area contributed by atoms with Crippen LogP contribution in [0, 0.1) is 0 Å². The van der Waals surface area contributed by atoms with Crippen LogP contribution >= 0.6 is 0 Å². The maximum absolute atomic E-state index is 11.9. The molecule has 0 bridgehead atoms. The highest BCUT2D eigenvalue weighted by Crippen LogP contribution is 2.30. The van der Waals surface area contributed by atoms with E-state index in [-0.39, 0.29) is 18.2 Å². The summed E-state index contributed by atoms with van der Waals surface area (Å²) in [5.41, 5.74) is 0.594. The van der Waals surface area contributed by atoms with Crippen LogP contribution in [0.4, 0.5) is 0 Å². The monoisotopic (exact) mass is 230 g/mol. The van der Waals surface area contributed by atoms with Crippen LogP contribution in [-0.2, 0) is 9.53 Å². The second kappa shape index (κ2) is 3.73.